The Hall–Kier alpha value is -6.31. The molecule has 2 aromatic heterocycles. The number of nitriles is 1. The molecular weight excluding hydrogens is 576 g/mol. The highest BCUT2D eigenvalue weighted by atomic mass is 16.3. The lowest BCUT2D eigenvalue weighted by molar-refractivity contribution is 0.474. The molecule has 0 unspecified atom stereocenters. The predicted octanol–water partition coefficient (Wildman–Crippen LogP) is 7.13. The number of rotatable bonds is 7. The molecule has 0 aliphatic heterocycles. The van der Waals surface area contributed by atoms with Crippen molar-refractivity contribution in [1.29, 1.82) is 5.26 Å². The fraction of sp³-hybridized carbons (Fsp3) is 0.0833. The van der Waals surface area contributed by atoms with Crippen LogP contribution in [0.3, 0.4) is 0 Å². The van der Waals surface area contributed by atoms with Gasteiger partial charge in [0.15, 0.2) is 23.1 Å². The average molecular weight is 609 g/mol. The van der Waals surface area contributed by atoms with Crippen molar-refractivity contribution in [2.24, 2.45) is 5.73 Å². The predicted molar refractivity (Wildman–Crippen MR) is 180 cm³/mol. The van der Waals surface area contributed by atoms with Crippen LogP contribution in [0.4, 0.5) is 23.0 Å². The molecular formula is C36H32N8O2. The maximum absolute atomic E-state index is 10.5. The smallest absolute Gasteiger partial charge is 0.185 e. The average Bonchev–Trinajstić information content (AvgIpc) is 3.09. The van der Waals surface area contributed by atoms with Gasteiger partial charge in [-0.05, 0) is 55.8 Å². The van der Waals surface area contributed by atoms with Crippen LogP contribution in [0.2, 0.25) is 0 Å². The first kappa shape index (κ1) is 31.1. The summed E-state index contributed by atoms with van der Waals surface area (Å²) in [6, 6.07) is 32.2. The van der Waals surface area contributed by atoms with E-state index in [4.69, 9.17) is 11.0 Å². The SMILES string of the molecule is Cc1ccc(-c2ncnc(Nc3ccc(C#N)cc3)c2O)cc1.Cc1ccc(-c2ncnc(Nc3ccc(CN)cc3)c2O)cc1. The normalized spacial score (nSPS) is 10.3. The number of nitrogens with zero attached hydrogens (tertiary/aromatic N) is 5. The van der Waals surface area contributed by atoms with E-state index in [0.717, 1.165) is 39.2 Å². The summed E-state index contributed by atoms with van der Waals surface area (Å²) >= 11 is 0. The maximum atomic E-state index is 10.5. The molecule has 0 aliphatic carbocycles. The molecule has 2 heterocycles. The van der Waals surface area contributed by atoms with E-state index in [1.807, 2.05) is 86.6 Å². The summed E-state index contributed by atoms with van der Waals surface area (Å²) in [5, 5.41) is 35.9. The van der Waals surface area contributed by atoms with Crippen LogP contribution in [0.1, 0.15) is 22.3 Å². The fourth-order valence-corrected chi connectivity index (χ4v) is 4.41. The van der Waals surface area contributed by atoms with Crippen LogP contribution in [0.5, 0.6) is 11.5 Å². The van der Waals surface area contributed by atoms with Crippen LogP contribution < -0.4 is 16.4 Å². The number of aryl methyl sites for hydroxylation is 2. The minimum absolute atomic E-state index is 0.0132. The Morgan fingerprint density at radius 1 is 0.609 bits per heavy atom. The second-order valence-corrected chi connectivity index (χ2v) is 10.4. The number of anilines is 4. The molecule has 6 rings (SSSR count). The Kier molecular flexibility index (Phi) is 9.77. The van der Waals surface area contributed by atoms with E-state index in [1.54, 1.807) is 24.3 Å². The molecule has 0 radical (unpaired) electrons. The first-order valence-corrected chi connectivity index (χ1v) is 14.4. The Bertz CT molecular complexity index is 1950. The molecule has 0 spiro atoms. The Balaban J connectivity index is 0.000000181. The summed E-state index contributed by atoms with van der Waals surface area (Å²) in [4.78, 5) is 16.6. The zero-order chi connectivity index (χ0) is 32.5. The molecule has 228 valence electrons. The van der Waals surface area contributed by atoms with Crippen molar-refractivity contribution >= 4 is 23.0 Å². The van der Waals surface area contributed by atoms with E-state index in [0.29, 0.717) is 35.1 Å². The monoisotopic (exact) mass is 608 g/mol. The Morgan fingerprint density at radius 2 is 1.02 bits per heavy atom. The lowest BCUT2D eigenvalue weighted by atomic mass is 10.1. The molecule has 0 aliphatic rings. The van der Waals surface area contributed by atoms with Gasteiger partial charge in [0, 0.05) is 29.0 Å². The van der Waals surface area contributed by atoms with Gasteiger partial charge in [-0.25, -0.2) is 19.9 Å². The number of benzene rings is 4. The summed E-state index contributed by atoms with van der Waals surface area (Å²) in [5.74, 6) is 0.705. The fourth-order valence-electron chi connectivity index (χ4n) is 4.41. The van der Waals surface area contributed by atoms with Gasteiger partial charge >= 0.3 is 0 Å². The quantitative estimate of drug-likeness (QED) is 0.126. The first-order chi connectivity index (χ1) is 22.3. The van der Waals surface area contributed by atoms with Gasteiger partial charge in [0.1, 0.15) is 24.0 Å². The van der Waals surface area contributed by atoms with Crippen molar-refractivity contribution in [2.45, 2.75) is 20.4 Å². The van der Waals surface area contributed by atoms with E-state index in [2.05, 4.69) is 36.6 Å². The Morgan fingerprint density at radius 3 is 1.41 bits per heavy atom. The van der Waals surface area contributed by atoms with Crippen LogP contribution in [0.15, 0.2) is 110 Å². The number of aromatic hydroxyl groups is 2. The van der Waals surface area contributed by atoms with Crippen LogP contribution in [-0.2, 0) is 6.54 Å². The van der Waals surface area contributed by atoms with Gasteiger partial charge < -0.3 is 26.6 Å². The largest absolute Gasteiger partial charge is 0.503 e. The standard InChI is InChI=1S/C18H18N4O.C18H14N4O/c2*1-12-2-6-14(7-3-12)16-17(23)18(21-11-20-16)22-15-8-4-13(10-19)5-9-15/h2-9,11,23H,10,19H2,1H3,(H,20,21,22);2-9,11,23H,1H3,(H,20,21,22). The molecule has 0 saturated heterocycles. The zero-order valence-electron chi connectivity index (χ0n) is 25.3. The minimum Gasteiger partial charge on any atom is -0.503 e. The summed E-state index contributed by atoms with van der Waals surface area (Å²) in [5.41, 5.74) is 13.7. The number of hydrogen-bond donors (Lipinski definition) is 5. The van der Waals surface area contributed by atoms with Crippen molar-refractivity contribution in [2.75, 3.05) is 10.6 Å². The third-order valence-corrected chi connectivity index (χ3v) is 7.02. The topological polar surface area (TPSA) is 166 Å². The van der Waals surface area contributed by atoms with E-state index in [-0.39, 0.29) is 11.5 Å². The van der Waals surface area contributed by atoms with Crippen molar-refractivity contribution in [1.82, 2.24) is 19.9 Å². The third-order valence-electron chi connectivity index (χ3n) is 7.02. The van der Waals surface area contributed by atoms with Crippen LogP contribution in [-0.4, -0.2) is 30.1 Å². The van der Waals surface area contributed by atoms with Crippen molar-refractivity contribution in [3.05, 3.63) is 132 Å². The molecule has 10 heteroatoms. The summed E-state index contributed by atoms with van der Waals surface area (Å²) in [6.45, 7) is 4.51. The van der Waals surface area contributed by atoms with Crippen LogP contribution in [0.25, 0.3) is 22.5 Å². The highest BCUT2D eigenvalue weighted by Crippen LogP contribution is 2.34. The maximum Gasteiger partial charge on any atom is 0.185 e. The van der Waals surface area contributed by atoms with Crippen LogP contribution >= 0.6 is 0 Å². The molecule has 46 heavy (non-hydrogen) atoms. The molecule has 4 aromatic carbocycles. The van der Waals surface area contributed by atoms with Crippen molar-refractivity contribution in [3.8, 4) is 40.1 Å². The summed E-state index contributed by atoms with van der Waals surface area (Å²) in [6.07, 6.45) is 2.84. The second-order valence-electron chi connectivity index (χ2n) is 10.4. The molecule has 0 bridgehead atoms. The minimum atomic E-state index is -0.0132. The van der Waals surface area contributed by atoms with Gasteiger partial charge in [0.05, 0.1) is 11.6 Å². The lowest BCUT2D eigenvalue weighted by Crippen LogP contribution is -1.99. The molecule has 0 saturated carbocycles. The van der Waals surface area contributed by atoms with Crippen molar-refractivity contribution < 1.29 is 10.2 Å². The first-order valence-electron chi connectivity index (χ1n) is 14.4. The van der Waals surface area contributed by atoms with Gasteiger partial charge in [-0.15, -0.1) is 0 Å². The number of aromatic nitrogens is 4. The number of nitrogens with two attached hydrogens (primary N) is 1. The molecule has 6 aromatic rings. The van der Waals surface area contributed by atoms with Crippen LogP contribution in [0, 0.1) is 25.2 Å². The highest BCUT2D eigenvalue weighted by Gasteiger charge is 2.13. The molecule has 6 N–H and O–H groups in total. The van der Waals surface area contributed by atoms with Gasteiger partial charge in [-0.1, -0.05) is 71.8 Å². The van der Waals surface area contributed by atoms with E-state index in [9.17, 15) is 10.2 Å². The van der Waals surface area contributed by atoms with Gasteiger partial charge in [0.2, 0.25) is 0 Å². The van der Waals surface area contributed by atoms with Gasteiger partial charge in [-0.3, -0.25) is 0 Å². The van der Waals surface area contributed by atoms with E-state index < -0.39 is 0 Å². The van der Waals surface area contributed by atoms with E-state index >= 15 is 0 Å². The molecule has 0 amide bonds. The summed E-state index contributed by atoms with van der Waals surface area (Å²) < 4.78 is 0. The second kappa shape index (κ2) is 14.4. The highest BCUT2D eigenvalue weighted by molar-refractivity contribution is 5.76. The third kappa shape index (κ3) is 7.60. The van der Waals surface area contributed by atoms with Gasteiger partial charge in [0.25, 0.3) is 0 Å². The molecule has 0 fully saturated rings. The Labute approximate surface area is 266 Å². The number of nitrogens with one attached hydrogen (secondary N) is 2. The number of hydrogen-bond acceptors (Lipinski definition) is 10. The van der Waals surface area contributed by atoms with Gasteiger partial charge in [-0.2, -0.15) is 5.26 Å². The zero-order valence-corrected chi connectivity index (χ0v) is 25.3. The van der Waals surface area contributed by atoms with Crippen molar-refractivity contribution in [3.63, 3.8) is 0 Å². The lowest BCUT2D eigenvalue weighted by Gasteiger charge is -2.11. The molecule has 10 nitrogen and oxygen atoms in total. The van der Waals surface area contributed by atoms with E-state index in [1.165, 1.54) is 12.7 Å². The summed E-state index contributed by atoms with van der Waals surface area (Å²) in [7, 11) is 0. The molecule has 0 atom stereocenters.